The molecule has 0 amide bonds. The Morgan fingerprint density at radius 2 is 2.32 bits per heavy atom. The van der Waals surface area contributed by atoms with Gasteiger partial charge >= 0.3 is 0 Å². The van der Waals surface area contributed by atoms with E-state index in [0.717, 1.165) is 11.1 Å². The Morgan fingerprint density at radius 1 is 1.53 bits per heavy atom. The zero-order valence-electron chi connectivity index (χ0n) is 11.0. The minimum atomic E-state index is -0.263. The molecule has 0 aliphatic carbocycles. The molecule has 19 heavy (non-hydrogen) atoms. The number of hydrogen-bond donors (Lipinski definition) is 1. The van der Waals surface area contributed by atoms with Crippen molar-refractivity contribution in [3.05, 3.63) is 47.3 Å². The Bertz CT molecular complexity index is 612. The van der Waals surface area contributed by atoms with Gasteiger partial charge in [0.1, 0.15) is 11.9 Å². The van der Waals surface area contributed by atoms with Gasteiger partial charge in [-0.05, 0) is 24.6 Å². The summed E-state index contributed by atoms with van der Waals surface area (Å²) in [5, 5.41) is 13.0. The lowest BCUT2D eigenvalue weighted by atomic mass is 10.1. The van der Waals surface area contributed by atoms with E-state index in [9.17, 15) is 0 Å². The second kappa shape index (κ2) is 5.55. The molecule has 0 radical (unpaired) electrons. The van der Waals surface area contributed by atoms with Gasteiger partial charge in [0.25, 0.3) is 0 Å². The molecule has 0 fully saturated rings. The maximum Gasteiger partial charge on any atom is 0.139 e. The first-order valence-corrected chi connectivity index (χ1v) is 6.00. The van der Waals surface area contributed by atoms with Gasteiger partial charge in [0.2, 0.25) is 0 Å². The first kappa shape index (κ1) is 13.1. The Hall–Kier alpha value is -2.32. The standard InChI is InChI=1S/C14H16N4O/c1-10-3-4-11(6-15)5-13(10)19-14(7-16)12-8-17-18(2)9-12/h3-5,8-9,14H,7,16H2,1-2H3. The number of nitrogens with two attached hydrogens (primary N) is 1. The second-order valence-corrected chi connectivity index (χ2v) is 4.38. The van der Waals surface area contributed by atoms with Gasteiger partial charge in [0.15, 0.2) is 0 Å². The lowest BCUT2D eigenvalue weighted by molar-refractivity contribution is 0.212. The summed E-state index contributed by atoms with van der Waals surface area (Å²) in [4.78, 5) is 0. The van der Waals surface area contributed by atoms with Crippen LogP contribution in [0.2, 0.25) is 0 Å². The molecule has 0 aliphatic heterocycles. The van der Waals surface area contributed by atoms with Crippen LogP contribution < -0.4 is 10.5 Å². The summed E-state index contributed by atoms with van der Waals surface area (Å²) in [5.74, 6) is 0.679. The van der Waals surface area contributed by atoms with Crippen molar-refractivity contribution in [3.8, 4) is 11.8 Å². The molecule has 1 atom stereocenters. The zero-order chi connectivity index (χ0) is 13.8. The maximum absolute atomic E-state index is 8.92. The second-order valence-electron chi connectivity index (χ2n) is 4.38. The monoisotopic (exact) mass is 256 g/mol. The molecule has 0 bridgehead atoms. The largest absolute Gasteiger partial charge is 0.484 e. The van der Waals surface area contributed by atoms with Gasteiger partial charge in [-0.1, -0.05) is 6.07 Å². The predicted molar refractivity (Wildman–Crippen MR) is 71.5 cm³/mol. The van der Waals surface area contributed by atoms with Crippen molar-refractivity contribution < 1.29 is 4.74 Å². The van der Waals surface area contributed by atoms with Gasteiger partial charge in [-0.3, -0.25) is 4.68 Å². The summed E-state index contributed by atoms with van der Waals surface area (Å²) < 4.78 is 7.62. The van der Waals surface area contributed by atoms with Gasteiger partial charge in [0.05, 0.1) is 17.8 Å². The van der Waals surface area contributed by atoms with Gasteiger partial charge in [-0.15, -0.1) is 0 Å². The average molecular weight is 256 g/mol. The summed E-state index contributed by atoms with van der Waals surface area (Å²) in [6.07, 6.45) is 3.35. The van der Waals surface area contributed by atoms with Crippen LogP contribution in [0.5, 0.6) is 5.75 Å². The van der Waals surface area contributed by atoms with Crippen LogP contribution in [0.25, 0.3) is 0 Å². The van der Waals surface area contributed by atoms with E-state index in [4.69, 9.17) is 15.7 Å². The molecule has 1 aromatic heterocycles. The molecule has 0 aliphatic rings. The lowest BCUT2D eigenvalue weighted by Gasteiger charge is -2.17. The van der Waals surface area contributed by atoms with Crippen LogP contribution in [-0.4, -0.2) is 16.3 Å². The van der Waals surface area contributed by atoms with Crippen molar-refractivity contribution in [1.29, 1.82) is 5.26 Å². The van der Waals surface area contributed by atoms with Crippen molar-refractivity contribution in [3.63, 3.8) is 0 Å². The van der Waals surface area contributed by atoms with E-state index >= 15 is 0 Å². The number of nitrogens with zero attached hydrogens (tertiary/aromatic N) is 3. The van der Waals surface area contributed by atoms with Crippen LogP contribution in [0.4, 0.5) is 0 Å². The molecular weight excluding hydrogens is 240 g/mol. The zero-order valence-corrected chi connectivity index (χ0v) is 11.0. The van der Waals surface area contributed by atoms with E-state index in [-0.39, 0.29) is 6.10 Å². The van der Waals surface area contributed by atoms with Crippen LogP contribution >= 0.6 is 0 Å². The van der Waals surface area contributed by atoms with Gasteiger partial charge < -0.3 is 10.5 Å². The van der Waals surface area contributed by atoms with Crippen LogP contribution in [0.15, 0.2) is 30.6 Å². The third-order valence-corrected chi connectivity index (χ3v) is 2.90. The number of rotatable bonds is 4. The van der Waals surface area contributed by atoms with Crippen molar-refractivity contribution >= 4 is 0 Å². The van der Waals surface area contributed by atoms with Crippen LogP contribution in [0, 0.1) is 18.3 Å². The summed E-state index contributed by atoms with van der Waals surface area (Å²) in [6.45, 7) is 2.29. The highest BCUT2D eigenvalue weighted by molar-refractivity contribution is 5.42. The van der Waals surface area contributed by atoms with E-state index in [1.165, 1.54) is 0 Å². The number of nitriles is 1. The maximum atomic E-state index is 8.92. The molecular formula is C14H16N4O. The van der Waals surface area contributed by atoms with E-state index in [1.54, 1.807) is 23.0 Å². The molecule has 0 spiro atoms. The number of hydrogen-bond acceptors (Lipinski definition) is 4. The molecule has 5 nitrogen and oxygen atoms in total. The Morgan fingerprint density at radius 3 is 2.89 bits per heavy atom. The smallest absolute Gasteiger partial charge is 0.139 e. The van der Waals surface area contributed by atoms with Crippen molar-refractivity contribution in [2.45, 2.75) is 13.0 Å². The van der Waals surface area contributed by atoms with Gasteiger partial charge in [0, 0.05) is 25.4 Å². The molecule has 1 heterocycles. The predicted octanol–water partition coefficient (Wildman–Crippen LogP) is 1.68. The van der Waals surface area contributed by atoms with Gasteiger partial charge in [-0.25, -0.2) is 0 Å². The summed E-state index contributed by atoms with van der Waals surface area (Å²) in [5.41, 5.74) is 8.22. The van der Waals surface area contributed by atoms with E-state index < -0.39 is 0 Å². The fraction of sp³-hybridized carbons (Fsp3) is 0.286. The first-order chi connectivity index (χ1) is 9.13. The number of aromatic nitrogens is 2. The number of ether oxygens (including phenoxy) is 1. The molecule has 5 heteroatoms. The Kier molecular flexibility index (Phi) is 3.83. The van der Waals surface area contributed by atoms with E-state index in [1.807, 2.05) is 26.2 Å². The topological polar surface area (TPSA) is 76.9 Å². The normalized spacial score (nSPS) is 11.9. The molecule has 1 unspecified atom stereocenters. The molecule has 2 rings (SSSR count). The molecule has 1 aromatic carbocycles. The first-order valence-electron chi connectivity index (χ1n) is 6.00. The highest BCUT2D eigenvalue weighted by atomic mass is 16.5. The molecule has 98 valence electrons. The lowest BCUT2D eigenvalue weighted by Crippen LogP contribution is -2.18. The van der Waals surface area contributed by atoms with Crippen molar-refractivity contribution in [1.82, 2.24) is 9.78 Å². The summed E-state index contributed by atoms with van der Waals surface area (Å²) in [7, 11) is 1.85. The molecule has 2 aromatic rings. The van der Waals surface area contributed by atoms with Crippen molar-refractivity contribution in [2.75, 3.05) is 6.54 Å². The highest BCUT2D eigenvalue weighted by Crippen LogP contribution is 2.25. The van der Waals surface area contributed by atoms with Crippen LogP contribution in [0.1, 0.15) is 22.8 Å². The Balaban J connectivity index is 2.26. The molecule has 2 N–H and O–H groups in total. The quantitative estimate of drug-likeness (QED) is 0.902. The average Bonchev–Trinajstić information content (AvgIpc) is 2.84. The third kappa shape index (κ3) is 2.92. The van der Waals surface area contributed by atoms with E-state index in [0.29, 0.717) is 17.9 Å². The highest BCUT2D eigenvalue weighted by Gasteiger charge is 2.15. The van der Waals surface area contributed by atoms with Crippen LogP contribution in [0.3, 0.4) is 0 Å². The molecule has 0 saturated carbocycles. The SMILES string of the molecule is Cc1ccc(C#N)cc1OC(CN)c1cnn(C)c1. The summed E-state index contributed by atoms with van der Waals surface area (Å²) in [6, 6.07) is 7.47. The fourth-order valence-electron chi connectivity index (χ4n) is 1.81. The molecule has 0 saturated heterocycles. The minimum Gasteiger partial charge on any atom is -0.484 e. The third-order valence-electron chi connectivity index (χ3n) is 2.90. The minimum absolute atomic E-state index is 0.263. The number of aryl methyl sites for hydroxylation is 2. The van der Waals surface area contributed by atoms with Crippen molar-refractivity contribution in [2.24, 2.45) is 12.8 Å². The Labute approximate surface area is 112 Å². The van der Waals surface area contributed by atoms with Crippen LogP contribution in [-0.2, 0) is 7.05 Å². The fourth-order valence-corrected chi connectivity index (χ4v) is 1.81. The summed E-state index contributed by atoms with van der Waals surface area (Å²) >= 11 is 0. The van der Waals surface area contributed by atoms with E-state index in [2.05, 4.69) is 11.2 Å². The van der Waals surface area contributed by atoms with Gasteiger partial charge in [-0.2, -0.15) is 10.4 Å². The number of benzene rings is 1.